The second-order valence-corrected chi connectivity index (χ2v) is 7.51. The lowest BCUT2D eigenvalue weighted by Crippen LogP contribution is -2.31. The van der Waals surface area contributed by atoms with E-state index >= 15 is 0 Å². The molecule has 0 fully saturated rings. The maximum atomic E-state index is 11.7. The molecule has 0 aliphatic heterocycles. The Hall–Kier alpha value is -1.65. The number of unbranched alkanes of at least 4 members (excludes halogenated alkanes) is 11. The van der Waals surface area contributed by atoms with Crippen LogP contribution in [-0.2, 0) is 14.4 Å². The molecule has 0 bridgehead atoms. The molecule has 0 spiro atoms. The maximum Gasteiger partial charge on any atom is 0.303 e. The van der Waals surface area contributed by atoms with Crippen LogP contribution in [0.15, 0.2) is 12.2 Å². The molecule has 0 atom stereocenters. The van der Waals surface area contributed by atoms with E-state index in [1.54, 1.807) is 0 Å². The Morgan fingerprint density at radius 3 is 1.82 bits per heavy atom. The Balaban J connectivity index is 3.37. The fraction of sp³-hybridized carbons (Fsp3) is 0.783. The van der Waals surface area contributed by atoms with Crippen molar-refractivity contribution in [3.05, 3.63) is 12.2 Å². The Kier molecular flexibility index (Phi) is 18.9. The normalized spacial score (nSPS) is 11.0. The van der Waals surface area contributed by atoms with Crippen molar-refractivity contribution in [1.82, 2.24) is 5.32 Å². The van der Waals surface area contributed by atoms with Gasteiger partial charge in [0.1, 0.15) is 0 Å². The third kappa shape index (κ3) is 19.1. The van der Waals surface area contributed by atoms with Crippen molar-refractivity contribution in [3.63, 3.8) is 0 Å². The largest absolute Gasteiger partial charge is 0.481 e. The van der Waals surface area contributed by atoms with E-state index in [1.165, 1.54) is 51.4 Å². The minimum absolute atomic E-state index is 0.00268. The summed E-state index contributed by atoms with van der Waals surface area (Å²) in [6, 6.07) is 0. The second kappa shape index (κ2) is 20.1. The van der Waals surface area contributed by atoms with Gasteiger partial charge in [-0.3, -0.25) is 14.4 Å². The van der Waals surface area contributed by atoms with Gasteiger partial charge in [-0.05, 0) is 38.5 Å². The van der Waals surface area contributed by atoms with Gasteiger partial charge in [-0.15, -0.1) is 0 Å². The Morgan fingerprint density at radius 1 is 0.714 bits per heavy atom. The van der Waals surface area contributed by atoms with Crippen LogP contribution >= 0.6 is 0 Å². The van der Waals surface area contributed by atoms with Gasteiger partial charge in [0.25, 0.3) is 5.91 Å². The Morgan fingerprint density at radius 2 is 1.25 bits per heavy atom. The van der Waals surface area contributed by atoms with Crippen molar-refractivity contribution >= 4 is 17.7 Å². The van der Waals surface area contributed by atoms with Crippen LogP contribution in [0, 0.1) is 0 Å². The summed E-state index contributed by atoms with van der Waals surface area (Å²) in [7, 11) is 0. The third-order valence-corrected chi connectivity index (χ3v) is 4.77. The topological polar surface area (TPSA) is 83.5 Å². The first kappa shape index (κ1) is 26.4. The van der Waals surface area contributed by atoms with Crippen LogP contribution < -0.4 is 5.32 Å². The van der Waals surface area contributed by atoms with E-state index in [9.17, 15) is 14.4 Å². The number of carboxylic acids is 1. The highest BCUT2D eigenvalue weighted by Gasteiger charge is 2.12. The van der Waals surface area contributed by atoms with E-state index in [0.717, 1.165) is 32.1 Å². The molecule has 0 aliphatic carbocycles. The first-order valence-corrected chi connectivity index (χ1v) is 11.3. The summed E-state index contributed by atoms with van der Waals surface area (Å²) in [6.07, 6.45) is 20.8. The first-order valence-electron chi connectivity index (χ1n) is 11.3. The molecule has 1 amide bonds. The van der Waals surface area contributed by atoms with E-state index in [2.05, 4.69) is 24.4 Å². The lowest BCUT2D eigenvalue weighted by Gasteiger charge is -2.03. The van der Waals surface area contributed by atoms with Gasteiger partial charge in [0.05, 0.1) is 0 Å². The predicted octanol–water partition coefficient (Wildman–Crippen LogP) is 5.57. The molecule has 0 saturated heterocycles. The van der Waals surface area contributed by atoms with Crippen LogP contribution in [0.4, 0.5) is 0 Å². The minimum Gasteiger partial charge on any atom is -0.481 e. The average molecular weight is 396 g/mol. The second-order valence-electron chi connectivity index (χ2n) is 7.51. The van der Waals surface area contributed by atoms with Gasteiger partial charge in [-0.25, -0.2) is 0 Å². The van der Waals surface area contributed by atoms with Crippen LogP contribution in [0.3, 0.4) is 0 Å². The summed E-state index contributed by atoms with van der Waals surface area (Å²) >= 11 is 0. The SMILES string of the molecule is CCCCCCCC/C=C\CCCCCCCC(=O)C(=O)NCCCC(=O)O. The molecule has 5 nitrogen and oxygen atoms in total. The summed E-state index contributed by atoms with van der Waals surface area (Å²) in [6.45, 7) is 2.49. The highest BCUT2D eigenvalue weighted by Crippen LogP contribution is 2.10. The molecule has 0 aromatic heterocycles. The van der Waals surface area contributed by atoms with Crippen LogP contribution in [-0.4, -0.2) is 29.3 Å². The fourth-order valence-electron chi connectivity index (χ4n) is 3.01. The number of carbonyl (C=O) groups is 3. The molecule has 0 aromatic carbocycles. The lowest BCUT2D eigenvalue weighted by atomic mass is 10.1. The number of hydrogen-bond acceptors (Lipinski definition) is 3. The molecule has 0 aliphatic rings. The van der Waals surface area contributed by atoms with Gasteiger partial charge in [0, 0.05) is 19.4 Å². The molecule has 0 aromatic rings. The van der Waals surface area contributed by atoms with Gasteiger partial charge >= 0.3 is 5.97 Å². The summed E-state index contributed by atoms with van der Waals surface area (Å²) in [5.74, 6) is -1.87. The number of hydrogen-bond donors (Lipinski definition) is 2. The predicted molar refractivity (Wildman–Crippen MR) is 114 cm³/mol. The van der Waals surface area contributed by atoms with Crippen LogP contribution in [0.2, 0.25) is 0 Å². The van der Waals surface area contributed by atoms with Crippen LogP contribution in [0.5, 0.6) is 0 Å². The summed E-state index contributed by atoms with van der Waals surface area (Å²) in [5.41, 5.74) is 0. The van der Waals surface area contributed by atoms with Gasteiger partial charge in [-0.2, -0.15) is 0 Å². The summed E-state index contributed by atoms with van der Waals surface area (Å²) < 4.78 is 0. The summed E-state index contributed by atoms with van der Waals surface area (Å²) in [4.78, 5) is 33.6. The van der Waals surface area contributed by atoms with Gasteiger partial charge in [0.2, 0.25) is 5.78 Å². The standard InChI is InChI=1S/C23H41NO4/c1-2-3-4-5-6-7-8-9-10-11-12-13-14-15-16-18-21(25)23(28)24-20-17-19-22(26)27/h9-10H,2-8,11-20H2,1H3,(H,24,28)(H,26,27)/b10-9-. The van der Waals surface area contributed by atoms with Crippen molar-refractivity contribution in [2.24, 2.45) is 0 Å². The van der Waals surface area contributed by atoms with Crippen LogP contribution in [0.25, 0.3) is 0 Å². The highest BCUT2D eigenvalue weighted by atomic mass is 16.4. The zero-order valence-corrected chi connectivity index (χ0v) is 17.8. The number of carbonyl (C=O) groups excluding carboxylic acids is 2. The first-order chi connectivity index (χ1) is 13.6. The van der Waals surface area contributed by atoms with Crippen molar-refractivity contribution in [3.8, 4) is 0 Å². The number of rotatable bonds is 20. The van der Waals surface area contributed by atoms with Gasteiger partial charge in [0.15, 0.2) is 0 Å². The van der Waals surface area contributed by atoms with E-state index in [-0.39, 0.29) is 19.4 Å². The number of carboxylic acid groups (broad SMARTS) is 1. The average Bonchev–Trinajstić information content (AvgIpc) is 2.67. The zero-order chi connectivity index (χ0) is 20.9. The number of allylic oxidation sites excluding steroid dienone is 2. The third-order valence-electron chi connectivity index (χ3n) is 4.77. The number of Topliss-reactive ketones (excluding diaryl/α,β-unsaturated/α-hetero) is 1. The quantitative estimate of drug-likeness (QED) is 0.160. The molecule has 28 heavy (non-hydrogen) atoms. The van der Waals surface area contributed by atoms with E-state index in [1.807, 2.05) is 0 Å². The van der Waals surface area contributed by atoms with Gasteiger partial charge in [-0.1, -0.05) is 70.4 Å². The molecule has 0 rings (SSSR count). The van der Waals surface area contributed by atoms with Crippen molar-refractivity contribution in [2.75, 3.05) is 6.54 Å². The molecule has 0 saturated carbocycles. The van der Waals surface area contributed by atoms with Crippen molar-refractivity contribution < 1.29 is 19.5 Å². The van der Waals surface area contributed by atoms with Crippen molar-refractivity contribution in [2.45, 2.75) is 110 Å². The van der Waals surface area contributed by atoms with E-state index < -0.39 is 17.7 Å². The van der Waals surface area contributed by atoms with E-state index in [4.69, 9.17) is 5.11 Å². The molecular formula is C23H41NO4. The Bertz CT molecular complexity index is 446. The molecule has 0 radical (unpaired) electrons. The van der Waals surface area contributed by atoms with Crippen molar-refractivity contribution in [1.29, 1.82) is 0 Å². The minimum atomic E-state index is -0.895. The number of nitrogens with one attached hydrogen (secondary N) is 1. The maximum absolute atomic E-state index is 11.7. The highest BCUT2D eigenvalue weighted by molar-refractivity contribution is 6.36. The molecule has 0 unspecified atom stereocenters. The monoisotopic (exact) mass is 395 g/mol. The summed E-state index contributed by atoms with van der Waals surface area (Å²) in [5, 5.41) is 11.0. The van der Waals surface area contributed by atoms with Crippen LogP contribution in [0.1, 0.15) is 110 Å². The van der Waals surface area contributed by atoms with Gasteiger partial charge < -0.3 is 10.4 Å². The number of aliphatic carboxylic acids is 1. The lowest BCUT2D eigenvalue weighted by molar-refractivity contribution is -0.138. The molecule has 5 heteroatoms. The molecule has 0 heterocycles. The molecular weight excluding hydrogens is 354 g/mol. The molecule has 162 valence electrons. The Labute approximate surface area is 171 Å². The number of amides is 1. The molecule has 2 N–H and O–H groups in total. The zero-order valence-electron chi connectivity index (χ0n) is 17.8. The fourth-order valence-corrected chi connectivity index (χ4v) is 3.01. The number of ketones is 1. The smallest absolute Gasteiger partial charge is 0.303 e. The van der Waals surface area contributed by atoms with E-state index in [0.29, 0.717) is 6.42 Å².